The van der Waals surface area contributed by atoms with E-state index in [-0.39, 0.29) is 6.61 Å². The maximum absolute atomic E-state index is 9.02. The Labute approximate surface area is 90.0 Å². The Morgan fingerprint density at radius 1 is 1.53 bits per heavy atom. The quantitative estimate of drug-likeness (QED) is 0.737. The molecule has 1 unspecified atom stereocenters. The molecule has 0 radical (unpaired) electrons. The highest BCUT2D eigenvalue weighted by Crippen LogP contribution is 2.20. The highest BCUT2D eigenvalue weighted by Gasteiger charge is 2.14. The van der Waals surface area contributed by atoms with Crippen molar-refractivity contribution in [2.75, 3.05) is 25.6 Å². The Bertz CT molecular complexity index is 327. The van der Waals surface area contributed by atoms with Crippen LogP contribution in [0.1, 0.15) is 24.4 Å². The summed E-state index contributed by atoms with van der Waals surface area (Å²) in [5, 5.41) is 9.02. The lowest BCUT2D eigenvalue weighted by Gasteiger charge is -2.19. The third-order valence-corrected chi connectivity index (χ3v) is 2.18. The molecule has 5 nitrogen and oxygen atoms in total. The number of nitrogens with two attached hydrogens (primary N) is 1. The summed E-state index contributed by atoms with van der Waals surface area (Å²) in [5.74, 6) is 1.57. The van der Waals surface area contributed by atoms with Gasteiger partial charge in [0, 0.05) is 32.3 Å². The Morgan fingerprint density at radius 2 is 2.20 bits per heavy atom. The molecule has 1 aromatic rings. The molecule has 1 aromatic heterocycles. The van der Waals surface area contributed by atoms with Gasteiger partial charge in [-0.2, -0.15) is 0 Å². The summed E-state index contributed by atoms with van der Waals surface area (Å²) in [6, 6.07) is -0.423. The molecule has 0 spiro atoms. The summed E-state index contributed by atoms with van der Waals surface area (Å²) in [4.78, 5) is 10.4. The Hall–Kier alpha value is -1.20. The van der Waals surface area contributed by atoms with Crippen molar-refractivity contribution in [3.05, 3.63) is 17.6 Å². The number of aliphatic hydroxyl groups is 1. The van der Waals surface area contributed by atoms with E-state index in [0.717, 1.165) is 23.6 Å². The van der Waals surface area contributed by atoms with Crippen molar-refractivity contribution >= 4 is 5.82 Å². The highest BCUT2D eigenvalue weighted by molar-refractivity contribution is 5.46. The lowest BCUT2D eigenvalue weighted by Crippen LogP contribution is -2.22. The molecular formula is C10H18N4O. The van der Waals surface area contributed by atoms with E-state index in [9.17, 15) is 0 Å². The van der Waals surface area contributed by atoms with Gasteiger partial charge >= 0.3 is 0 Å². The monoisotopic (exact) mass is 210 g/mol. The SMILES string of the molecule is CCc1ncc(C(N)CO)c(N(C)C)n1. The first kappa shape index (κ1) is 11.9. The van der Waals surface area contributed by atoms with E-state index in [0.29, 0.717) is 0 Å². The van der Waals surface area contributed by atoms with Crippen LogP contribution < -0.4 is 10.6 Å². The van der Waals surface area contributed by atoms with Crippen LogP contribution in [0.25, 0.3) is 0 Å². The molecule has 0 aliphatic heterocycles. The fourth-order valence-electron chi connectivity index (χ4n) is 1.31. The van der Waals surface area contributed by atoms with Gasteiger partial charge < -0.3 is 15.7 Å². The second-order valence-electron chi connectivity index (χ2n) is 3.60. The lowest BCUT2D eigenvalue weighted by atomic mass is 10.1. The minimum atomic E-state index is -0.423. The standard InChI is InChI=1S/C10H18N4O/c1-4-9-12-5-7(8(11)6-15)10(13-9)14(2)3/h5,8,15H,4,6,11H2,1-3H3. The average molecular weight is 210 g/mol. The van der Waals surface area contributed by atoms with Gasteiger partial charge in [0.15, 0.2) is 0 Å². The summed E-state index contributed by atoms with van der Waals surface area (Å²) in [5.41, 5.74) is 6.55. The number of rotatable bonds is 4. The largest absolute Gasteiger partial charge is 0.394 e. The van der Waals surface area contributed by atoms with Crippen molar-refractivity contribution < 1.29 is 5.11 Å². The van der Waals surface area contributed by atoms with Crippen molar-refractivity contribution in [2.24, 2.45) is 5.73 Å². The Kier molecular flexibility index (Phi) is 3.99. The van der Waals surface area contributed by atoms with Crippen LogP contribution in [0.2, 0.25) is 0 Å². The maximum Gasteiger partial charge on any atom is 0.136 e. The number of nitrogens with zero attached hydrogens (tertiary/aromatic N) is 3. The fourth-order valence-corrected chi connectivity index (χ4v) is 1.31. The molecule has 0 aliphatic carbocycles. The molecule has 3 N–H and O–H groups in total. The van der Waals surface area contributed by atoms with Crippen LogP contribution in [0.3, 0.4) is 0 Å². The second kappa shape index (κ2) is 5.04. The zero-order chi connectivity index (χ0) is 11.4. The van der Waals surface area contributed by atoms with E-state index >= 15 is 0 Å². The molecule has 1 atom stereocenters. The van der Waals surface area contributed by atoms with Gasteiger partial charge in [-0.25, -0.2) is 9.97 Å². The van der Waals surface area contributed by atoms with Crippen LogP contribution >= 0.6 is 0 Å². The van der Waals surface area contributed by atoms with Crippen molar-refractivity contribution in [1.82, 2.24) is 9.97 Å². The van der Waals surface area contributed by atoms with Crippen molar-refractivity contribution in [3.63, 3.8) is 0 Å². The molecule has 0 fully saturated rings. The van der Waals surface area contributed by atoms with E-state index < -0.39 is 6.04 Å². The Morgan fingerprint density at radius 3 is 2.67 bits per heavy atom. The van der Waals surface area contributed by atoms with Crippen LogP contribution in [0.4, 0.5) is 5.82 Å². The van der Waals surface area contributed by atoms with Crippen LogP contribution in [0, 0.1) is 0 Å². The lowest BCUT2D eigenvalue weighted by molar-refractivity contribution is 0.267. The van der Waals surface area contributed by atoms with E-state index in [2.05, 4.69) is 9.97 Å². The number of aryl methyl sites for hydroxylation is 1. The normalized spacial score (nSPS) is 12.6. The molecular weight excluding hydrogens is 192 g/mol. The minimum Gasteiger partial charge on any atom is -0.394 e. The number of aliphatic hydroxyl groups excluding tert-OH is 1. The zero-order valence-electron chi connectivity index (χ0n) is 9.44. The van der Waals surface area contributed by atoms with Crippen molar-refractivity contribution in [3.8, 4) is 0 Å². The molecule has 0 saturated carbocycles. The smallest absolute Gasteiger partial charge is 0.136 e. The number of anilines is 1. The second-order valence-corrected chi connectivity index (χ2v) is 3.60. The van der Waals surface area contributed by atoms with Gasteiger partial charge in [-0.05, 0) is 0 Å². The van der Waals surface area contributed by atoms with Gasteiger partial charge in [-0.1, -0.05) is 6.92 Å². The summed E-state index contributed by atoms with van der Waals surface area (Å²) in [6.07, 6.45) is 2.48. The van der Waals surface area contributed by atoms with Gasteiger partial charge in [-0.3, -0.25) is 0 Å². The van der Waals surface area contributed by atoms with Gasteiger partial charge in [0.05, 0.1) is 12.6 Å². The van der Waals surface area contributed by atoms with Crippen LogP contribution in [-0.2, 0) is 6.42 Å². The molecule has 15 heavy (non-hydrogen) atoms. The maximum atomic E-state index is 9.02. The minimum absolute atomic E-state index is 0.102. The van der Waals surface area contributed by atoms with Gasteiger partial charge in [0.2, 0.25) is 0 Å². The molecule has 1 rings (SSSR count). The van der Waals surface area contributed by atoms with Gasteiger partial charge in [0.1, 0.15) is 11.6 Å². The predicted molar refractivity (Wildman–Crippen MR) is 59.8 cm³/mol. The van der Waals surface area contributed by atoms with Crippen LogP contribution in [-0.4, -0.2) is 35.8 Å². The third-order valence-electron chi connectivity index (χ3n) is 2.18. The molecule has 84 valence electrons. The topological polar surface area (TPSA) is 75.3 Å². The molecule has 1 heterocycles. The first-order valence-electron chi connectivity index (χ1n) is 4.99. The van der Waals surface area contributed by atoms with E-state index in [1.54, 1.807) is 6.20 Å². The number of hydrogen-bond donors (Lipinski definition) is 2. The molecule has 0 bridgehead atoms. The van der Waals surface area contributed by atoms with E-state index in [1.807, 2.05) is 25.9 Å². The number of aromatic nitrogens is 2. The Balaban J connectivity index is 3.15. The average Bonchev–Trinajstić information content (AvgIpc) is 2.27. The van der Waals surface area contributed by atoms with E-state index in [1.165, 1.54) is 0 Å². The summed E-state index contributed by atoms with van der Waals surface area (Å²) in [6.45, 7) is 1.90. The zero-order valence-corrected chi connectivity index (χ0v) is 9.44. The first-order chi connectivity index (χ1) is 7.10. The molecule has 5 heteroatoms. The highest BCUT2D eigenvalue weighted by atomic mass is 16.3. The van der Waals surface area contributed by atoms with E-state index in [4.69, 9.17) is 10.8 Å². The predicted octanol–water partition coefficient (Wildman–Crippen LogP) is 0.0971. The first-order valence-corrected chi connectivity index (χ1v) is 4.99. The van der Waals surface area contributed by atoms with Gasteiger partial charge in [-0.15, -0.1) is 0 Å². The third kappa shape index (κ3) is 2.64. The summed E-state index contributed by atoms with van der Waals surface area (Å²) in [7, 11) is 3.80. The van der Waals surface area contributed by atoms with Crippen LogP contribution in [0.5, 0.6) is 0 Å². The molecule has 0 saturated heterocycles. The van der Waals surface area contributed by atoms with Crippen LogP contribution in [0.15, 0.2) is 6.20 Å². The summed E-state index contributed by atoms with van der Waals surface area (Å²) < 4.78 is 0. The fraction of sp³-hybridized carbons (Fsp3) is 0.600. The summed E-state index contributed by atoms with van der Waals surface area (Å²) >= 11 is 0. The molecule has 0 aliphatic rings. The van der Waals surface area contributed by atoms with Crippen molar-refractivity contribution in [2.45, 2.75) is 19.4 Å². The van der Waals surface area contributed by atoms with Gasteiger partial charge in [0.25, 0.3) is 0 Å². The van der Waals surface area contributed by atoms with Crippen molar-refractivity contribution in [1.29, 1.82) is 0 Å². The molecule has 0 aromatic carbocycles. The number of hydrogen-bond acceptors (Lipinski definition) is 5. The molecule has 0 amide bonds.